The van der Waals surface area contributed by atoms with Crippen LogP contribution in [0.5, 0.6) is 5.75 Å². The smallest absolute Gasteiger partial charge is 0.250 e. The van der Waals surface area contributed by atoms with Crippen LogP contribution in [0.3, 0.4) is 0 Å². The number of allylic oxidation sites excluding steroid dienone is 1. The zero-order valence-electron chi connectivity index (χ0n) is 12.7. The van der Waals surface area contributed by atoms with E-state index in [-0.39, 0.29) is 10.6 Å². The average Bonchev–Trinajstić information content (AvgIpc) is 2.34. The predicted molar refractivity (Wildman–Crippen MR) is 83.5 cm³/mol. The average molecular weight is 284 g/mol. The first-order valence-electron chi connectivity index (χ1n) is 6.50. The minimum atomic E-state index is -1.88. The third kappa shape index (κ3) is 3.98. The summed E-state index contributed by atoms with van der Waals surface area (Å²) in [5, 5.41) is 17.7. The minimum absolute atomic E-state index is 0.0921. The maximum absolute atomic E-state index is 8.78. The Morgan fingerprint density at radius 1 is 1.20 bits per heavy atom. The van der Waals surface area contributed by atoms with E-state index in [4.69, 9.17) is 14.9 Å². The number of hydrogen-bond donors (Lipinski definition) is 0. The van der Waals surface area contributed by atoms with E-state index in [0.717, 1.165) is 11.3 Å². The van der Waals surface area contributed by atoms with Gasteiger partial charge in [0.2, 0.25) is 8.32 Å². The summed E-state index contributed by atoms with van der Waals surface area (Å²) in [5.74, 6) is 0.792. The van der Waals surface area contributed by atoms with Crippen molar-refractivity contribution in [1.29, 1.82) is 10.5 Å². The van der Waals surface area contributed by atoms with Crippen LogP contribution in [-0.2, 0) is 0 Å². The highest BCUT2D eigenvalue weighted by atomic mass is 28.4. The molecule has 0 fully saturated rings. The van der Waals surface area contributed by atoms with Gasteiger partial charge in [0.25, 0.3) is 0 Å². The fourth-order valence-corrected chi connectivity index (χ4v) is 2.39. The number of benzene rings is 1. The lowest BCUT2D eigenvalue weighted by atomic mass is 10.1. The van der Waals surface area contributed by atoms with Crippen molar-refractivity contribution in [3.8, 4) is 17.9 Å². The van der Waals surface area contributed by atoms with Gasteiger partial charge in [0.15, 0.2) is 0 Å². The normalized spacial score (nSPS) is 11.2. The van der Waals surface area contributed by atoms with Crippen LogP contribution in [0, 0.1) is 22.7 Å². The van der Waals surface area contributed by atoms with Crippen molar-refractivity contribution in [1.82, 2.24) is 0 Å². The lowest BCUT2D eigenvalue weighted by molar-refractivity contribution is 0.492. The summed E-state index contributed by atoms with van der Waals surface area (Å²) >= 11 is 0. The van der Waals surface area contributed by atoms with E-state index in [2.05, 4.69) is 33.9 Å². The number of hydrogen-bond acceptors (Lipinski definition) is 3. The molecule has 1 rings (SSSR count). The SMILES string of the molecule is CC(C)(C)[Si](C)(C)Oc1cccc(C=C(C#N)C#N)c1. The van der Waals surface area contributed by atoms with Gasteiger partial charge in [-0.2, -0.15) is 10.5 Å². The van der Waals surface area contributed by atoms with Gasteiger partial charge >= 0.3 is 0 Å². The molecular weight excluding hydrogens is 264 g/mol. The molecule has 0 saturated heterocycles. The van der Waals surface area contributed by atoms with Crippen molar-refractivity contribution in [3.05, 3.63) is 35.4 Å². The topological polar surface area (TPSA) is 56.8 Å². The van der Waals surface area contributed by atoms with Gasteiger partial charge in [-0.05, 0) is 41.9 Å². The second-order valence-corrected chi connectivity index (χ2v) is 10.9. The predicted octanol–water partition coefficient (Wildman–Crippen LogP) is 4.50. The molecule has 0 aliphatic rings. The molecule has 0 aliphatic heterocycles. The van der Waals surface area contributed by atoms with Crippen LogP contribution in [0.4, 0.5) is 0 Å². The summed E-state index contributed by atoms with van der Waals surface area (Å²) in [6.45, 7) is 10.9. The van der Waals surface area contributed by atoms with E-state index in [0.29, 0.717) is 0 Å². The Balaban J connectivity index is 3.05. The van der Waals surface area contributed by atoms with Crippen molar-refractivity contribution >= 4 is 14.4 Å². The summed E-state index contributed by atoms with van der Waals surface area (Å²) < 4.78 is 6.20. The molecule has 1 aromatic rings. The number of nitrogens with zero attached hydrogens (tertiary/aromatic N) is 2. The molecule has 0 atom stereocenters. The fourth-order valence-electron chi connectivity index (χ4n) is 1.37. The summed E-state index contributed by atoms with van der Waals surface area (Å²) in [4.78, 5) is 0. The van der Waals surface area contributed by atoms with Crippen LogP contribution in [0.15, 0.2) is 29.8 Å². The van der Waals surface area contributed by atoms with Crippen LogP contribution in [0.2, 0.25) is 18.1 Å². The highest BCUT2D eigenvalue weighted by Gasteiger charge is 2.38. The van der Waals surface area contributed by atoms with Crippen LogP contribution in [0.1, 0.15) is 26.3 Å². The van der Waals surface area contributed by atoms with E-state index >= 15 is 0 Å². The Morgan fingerprint density at radius 2 is 1.80 bits per heavy atom. The Hall–Kier alpha value is -2.04. The van der Waals surface area contributed by atoms with E-state index in [1.807, 2.05) is 36.4 Å². The Labute approximate surface area is 122 Å². The highest BCUT2D eigenvalue weighted by Crippen LogP contribution is 2.37. The van der Waals surface area contributed by atoms with Crippen LogP contribution >= 0.6 is 0 Å². The first kappa shape index (κ1) is 16.0. The number of nitriles is 2. The zero-order chi connectivity index (χ0) is 15.4. The van der Waals surface area contributed by atoms with Gasteiger partial charge < -0.3 is 4.43 Å². The molecule has 0 heterocycles. The monoisotopic (exact) mass is 284 g/mol. The van der Waals surface area contributed by atoms with Crippen LogP contribution < -0.4 is 4.43 Å². The maximum atomic E-state index is 8.78. The summed E-state index contributed by atoms with van der Waals surface area (Å²) in [6, 6.07) is 11.2. The third-order valence-electron chi connectivity index (χ3n) is 3.59. The molecule has 0 amide bonds. The highest BCUT2D eigenvalue weighted by molar-refractivity contribution is 6.74. The second-order valence-electron chi connectivity index (χ2n) is 6.22. The molecule has 0 unspecified atom stereocenters. The zero-order valence-corrected chi connectivity index (χ0v) is 13.7. The van der Waals surface area contributed by atoms with Gasteiger partial charge in [-0.3, -0.25) is 0 Å². The van der Waals surface area contributed by atoms with Crippen molar-refractivity contribution in [2.45, 2.75) is 38.9 Å². The molecule has 0 aliphatic carbocycles. The molecular formula is C16H20N2OSi. The van der Waals surface area contributed by atoms with Gasteiger partial charge in [-0.25, -0.2) is 0 Å². The Kier molecular flexibility index (Phi) is 4.76. The lowest BCUT2D eigenvalue weighted by Crippen LogP contribution is -2.43. The summed E-state index contributed by atoms with van der Waals surface area (Å²) in [7, 11) is -1.88. The molecule has 104 valence electrons. The van der Waals surface area contributed by atoms with Crippen molar-refractivity contribution in [3.63, 3.8) is 0 Å². The third-order valence-corrected chi connectivity index (χ3v) is 7.95. The molecule has 0 saturated carbocycles. The lowest BCUT2D eigenvalue weighted by Gasteiger charge is -2.36. The Bertz CT molecular complexity index is 582. The van der Waals surface area contributed by atoms with Gasteiger partial charge in [0.1, 0.15) is 23.5 Å². The maximum Gasteiger partial charge on any atom is 0.250 e. The molecule has 0 spiro atoms. The molecule has 4 heteroatoms. The minimum Gasteiger partial charge on any atom is -0.543 e. The molecule has 0 bridgehead atoms. The summed E-state index contributed by atoms with van der Waals surface area (Å²) in [5.41, 5.74) is 0.897. The standard InChI is InChI=1S/C16H20N2OSi/c1-16(2,3)20(4,5)19-15-8-6-7-13(10-15)9-14(11-17)12-18/h6-10H,1-5H3. The summed E-state index contributed by atoms with van der Waals surface area (Å²) in [6.07, 6.45) is 1.57. The van der Waals surface area contributed by atoms with Gasteiger partial charge in [-0.1, -0.05) is 32.9 Å². The number of rotatable bonds is 3. The molecule has 0 N–H and O–H groups in total. The molecule has 20 heavy (non-hydrogen) atoms. The molecule has 3 nitrogen and oxygen atoms in total. The van der Waals surface area contributed by atoms with Gasteiger partial charge in [0, 0.05) is 0 Å². The largest absolute Gasteiger partial charge is 0.543 e. The van der Waals surface area contributed by atoms with Crippen molar-refractivity contribution < 1.29 is 4.43 Å². The van der Waals surface area contributed by atoms with Crippen LogP contribution in [-0.4, -0.2) is 8.32 Å². The van der Waals surface area contributed by atoms with Crippen molar-refractivity contribution in [2.75, 3.05) is 0 Å². The first-order valence-corrected chi connectivity index (χ1v) is 9.41. The van der Waals surface area contributed by atoms with Gasteiger partial charge in [-0.15, -0.1) is 0 Å². The second kappa shape index (κ2) is 5.94. The fraction of sp³-hybridized carbons (Fsp3) is 0.375. The van der Waals surface area contributed by atoms with E-state index < -0.39 is 8.32 Å². The van der Waals surface area contributed by atoms with E-state index in [9.17, 15) is 0 Å². The first-order chi connectivity index (χ1) is 9.19. The molecule has 0 radical (unpaired) electrons. The van der Waals surface area contributed by atoms with Crippen LogP contribution in [0.25, 0.3) is 6.08 Å². The molecule has 1 aromatic carbocycles. The quantitative estimate of drug-likeness (QED) is 0.606. The van der Waals surface area contributed by atoms with E-state index in [1.54, 1.807) is 6.08 Å². The van der Waals surface area contributed by atoms with E-state index in [1.165, 1.54) is 0 Å². The molecule has 0 aromatic heterocycles. The van der Waals surface area contributed by atoms with Gasteiger partial charge in [0.05, 0.1) is 0 Å². The Morgan fingerprint density at radius 3 is 2.30 bits per heavy atom. The van der Waals surface area contributed by atoms with Crippen molar-refractivity contribution in [2.24, 2.45) is 0 Å².